The number of carbonyl (C=O) groups is 2. The summed E-state index contributed by atoms with van der Waals surface area (Å²) in [5.74, 6) is -0.906. The van der Waals surface area contributed by atoms with Crippen molar-refractivity contribution in [3.8, 4) is 0 Å². The zero-order valence-electron chi connectivity index (χ0n) is 12.9. The van der Waals surface area contributed by atoms with Gasteiger partial charge in [-0.15, -0.1) is 0 Å². The predicted octanol–water partition coefficient (Wildman–Crippen LogP) is 0.615. The van der Waals surface area contributed by atoms with Crippen LogP contribution in [0.1, 0.15) is 26.7 Å². The second-order valence-corrected chi connectivity index (χ2v) is 5.12. The Morgan fingerprint density at radius 1 is 1.38 bits per heavy atom. The lowest BCUT2D eigenvalue weighted by Crippen LogP contribution is -2.49. The van der Waals surface area contributed by atoms with E-state index >= 15 is 0 Å². The number of rotatable bonds is 7. The molecule has 1 amide bonds. The topological polar surface area (TPSA) is 97.3 Å². The standard InChI is InChI=1S/C13H24N2O6/c1-8-5-6-11(12(16)17)15(8)21-7-10(9(2)19-3)14-13(18)20-4/h8-11H,5-7H2,1-4H3,(H,14,18)(H,16,17)/t8-,9+,10-,11-/m0/s1. The normalized spacial score (nSPS) is 25.3. The zero-order chi connectivity index (χ0) is 16.0. The molecule has 0 aliphatic carbocycles. The largest absolute Gasteiger partial charge is 0.480 e. The molecule has 8 nitrogen and oxygen atoms in total. The Hall–Kier alpha value is -1.38. The van der Waals surface area contributed by atoms with Gasteiger partial charge in [0, 0.05) is 13.2 Å². The number of nitrogens with one attached hydrogen (secondary N) is 1. The molecule has 0 radical (unpaired) electrons. The van der Waals surface area contributed by atoms with Gasteiger partial charge >= 0.3 is 12.1 Å². The molecule has 0 aromatic heterocycles. The molecule has 0 unspecified atom stereocenters. The SMILES string of the molecule is COC(=O)N[C@@H](CON1[C@@H](C)CC[C@H]1C(=O)O)[C@@H](C)OC. The van der Waals surface area contributed by atoms with Gasteiger partial charge in [-0.3, -0.25) is 9.63 Å². The highest BCUT2D eigenvalue weighted by molar-refractivity contribution is 5.73. The van der Waals surface area contributed by atoms with E-state index in [2.05, 4.69) is 10.1 Å². The first-order valence-electron chi connectivity index (χ1n) is 6.92. The highest BCUT2D eigenvalue weighted by Crippen LogP contribution is 2.24. The number of ether oxygens (including phenoxy) is 2. The lowest BCUT2D eigenvalue weighted by molar-refractivity contribution is -0.206. The Balaban J connectivity index is 2.62. The third kappa shape index (κ3) is 4.83. The molecule has 1 saturated heterocycles. The molecule has 4 atom stereocenters. The number of hydrogen-bond donors (Lipinski definition) is 2. The molecule has 8 heteroatoms. The van der Waals surface area contributed by atoms with Gasteiger partial charge in [-0.05, 0) is 26.7 Å². The van der Waals surface area contributed by atoms with Crippen molar-refractivity contribution in [1.82, 2.24) is 10.4 Å². The number of amides is 1. The number of nitrogens with zero attached hydrogens (tertiary/aromatic N) is 1. The summed E-state index contributed by atoms with van der Waals surface area (Å²) in [5.41, 5.74) is 0. The second-order valence-electron chi connectivity index (χ2n) is 5.12. The molecule has 1 fully saturated rings. The Morgan fingerprint density at radius 3 is 2.57 bits per heavy atom. The minimum atomic E-state index is -0.906. The summed E-state index contributed by atoms with van der Waals surface area (Å²) < 4.78 is 9.75. The number of alkyl carbamates (subject to hydrolysis) is 1. The lowest BCUT2D eigenvalue weighted by atomic mass is 10.2. The summed E-state index contributed by atoms with van der Waals surface area (Å²) in [7, 11) is 2.79. The van der Waals surface area contributed by atoms with Gasteiger partial charge in [0.1, 0.15) is 6.04 Å². The van der Waals surface area contributed by atoms with Crippen molar-refractivity contribution < 1.29 is 29.0 Å². The highest BCUT2D eigenvalue weighted by atomic mass is 16.7. The fraction of sp³-hybridized carbons (Fsp3) is 0.846. The fourth-order valence-electron chi connectivity index (χ4n) is 2.25. The van der Waals surface area contributed by atoms with Crippen LogP contribution in [0.25, 0.3) is 0 Å². The van der Waals surface area contributed by atoms with Crippen molar-refractivity contribution in [2.45, 2.75) is 50.9 Å². The molecule has 0 aromatic carbocycles. The van der Waals surface area contributed by atoms with Gasteiger partial charge < -0.3 is 19.9 Å². The third-order valence-electron chi connectivity index (χ3n) is 3.71. The van der Waals surface area contributed by atoms with Gasteiger partial charge in [-0.2, -0.15) is 5.06 Å². The van der Waals surface area contributed by atoms with E-state index in [-0.39, 0.29) is 18.8 Å². The second kappa shape index (κ2) is 8.16. The molecular weight excluding hydrogens is 280 g/mol. The van der Waals surface area contributed by atoms with Crippen molar-refractivity contribution in [2.75, 3.05) is 20.8 Å². The van der Waals surface area contributed by atoms with E-state index in [0.717, 1.165) is 6.42 Å². The summed E-state index contributed by atoms with van der Waals surface area (Å²) in [4.78, 5) is 28.1. The molecule has 2 N–H and O–H groups in total. The number of methoxy groups -OCH3 is 2. The van der Waals surface area contributed by atoms with Crippen LogP contribution in [0.15, 0.2) is 0 Å². The van der Waals surface area contributed by atoms with E-state index in [1.165, 1.54) is 19.3 Å². The molecule has 0 bridgehead atoms. The van der Waals surface area contributed by atoms with Crippen molar-refractivity contribution in [3.63, 3.8) is 0 Å². The van der Waals surface area contributed by atoms with Crippen molar-refractivity contribution in [1.29, 1.82) is 0 Å². The number of carboxylic acids is 1. The van der Waals surface area contributed by atoms with E-state index < -0.39 is 24.1 Å². The van der Waals surface area contributed by atoms with E-state index in [1.807, 2.05) is 6.92 Å². The Bertz CT molecular complexity index is 365. The fourth-order valence-corrected chi connectivity index (χ4v) is 2.25. The van der Waals surface area contributed by atoms with E-state index in [1.54, 1.807) is 6.92 Å². The molecule has 0 saturated carbocycles. The Morgan fingerprint density at radius 2 is 2.05 bits per heavy atom. The monoisotopic (exact) mass is 304 g/mol. The molecule has 21 heavy (non-hydrogen) atoms. The smallest absolute Gasteiger partial charge is 0.407 e. The maximum Gasteiger partial charge on any atom is 0.407 e. The molecule has 0 spiro atoms. The number of carboxylic acid groups (broad SMARTS) is 1. The van der Waals surface area contributed by atoms with Crippen LogP contribution in [-0.2, 0) is 19.1 Å². The first kappa shape index (κ1) is 17.7. The molecule has 1 aliphatic rings. The molecule has 0 aromatic rings. The van der Waals surface area contributed by atoms with Crippen molar-refractivity contribution in [3.05, 3.63) is 0 Å². The summed E-state index contributed by atoms with van der Waals surface area (Å²) in [6.07, 6.45) is 0.416. The maximum absolute atomic E-state index is 11.3. The molecular formula is C13H24N2O6. The van der Waals surface area contributed by atoms with E-state index in [4.69, 9.17) is 14.7 Å². The number of carbonyl (C=O) groups excluding carboxylic acids is 1. The van der Waals surface area contributed by atoms with Crippen LogP contribution >= 0.6 is 0 Å². The molecule has 122 valence electrons. The van der Waals surface area contributed by atoms with Gasteiger partial charge in [0.05, 0.1) is 25.9 Å². The molecule has 1 rings (SSSR count). The maximum atomic E-state index is 11.3. The van der Waals surface area contributed by atoms with Crippen molar-refractivity contribution >= 4 is 12.1 Å². The van der Waals surface area contributed by atoms with E-state index in [9.17, 15) is 9.59 Å². The van der Waals surface area contributed by atoms with Gasteiger partial charge in [0.2, 0.25) is 0 Å². The van der Waals surface area contributed by atoms with Gasteiger partial charge in [-0.25, -0.2) is 4.79 Å². The molecule has 1 aliphatic heterocycles. The Labute approximate surface area is 124 Å². The minimum Gasteiger partial charge on any atom is -0.480 e. The van der Waals surface area contributed by atoms with Gasteiger partial charge in [0.25, 0.3) is 0 Å². The van der Waals surface area contributed by atoms with Crippen LogP contribution in [0.2, 0.25) is 0 Å². The predicted molar refractivity (Wildman–Crippen MR) is 73.7 cm³/mol. The van der Waals surface area contributed by atoms with Gasteiger partial charge in [-0.1, -0.05) is 0 Å². The Kier molecular flexibility index (Phi) is 6.86. The van der Waals surface area contributed by atoms with Crippen LogP contribution in [0, 0.1) is 0 Å². The lowest BCUT2D eigenvalue weighted by Gasteiger charge is -2.29. The summed E-state index contributed by atoms with van der Waals surface area (Å²) in [6, 6.07) is -1.08. The third-order valence-corrected chi connectivity index (χ3v) is 3.71. The first-order chi connectivity index (χ1) is 9.90. The van der Waals surface area contributed by atoms with E-state index in [0.29, 0.717) is 6.42 Å². The number of hydrogen-bond acceptors (Lipinski definition) is 6. The van der Waals surface area contributed by atoms with Crippen LogP contribution in [0.4, 0.5) is 4.79 Å². The summed E-state index contributed by atoms with van der Waals surface area (Å²) >= 11 is 0. The quantitative estimate of drug-likeness (QED) is 0.711. The van der Waals surface area contributed by atoms with Crippen LogP contribution in [0.5, 0.6) is 0 Å². The molecule has 1 heterocycles. The first-order valence-corrected chi connectivity index (χ1v) is 6.92. The van der Waals surface area contributed by atoms with Crippen molar-refractivity contribution in [2.24, 2.45) is 0 Å². The van der Waals surface area contributed by atoms with Crippen LogP contribution < -0.4 is 5.32 Å². The van der Waals surface area contributed by atoms with Crippen LogP contribution in [-0.4, -0.2) is 67.3 Å². The number of hydroxylamine groups is 2. The highest BCUT2D eigenvalue weighted by Gasteiger charge is 2.37. The minimum absolute atomic E-state index is 0.0164. The van der Waals surface area contributed by atoms with Crippen LogP contribution in [0.3, 0.4) is 0 Å². The number of aliphatic carboxylic acids is 1. The summed E-state index contributed by atoms with van der Waals surface area (Å²) in [5, 5.41) is 13.3. The zero-order valence-corrected chi connectivity index (χ0v) is 12.9. The average molecular weight is 304 g/mol. The summed E-state index contributed by atoms with van der Waals surface area (Å²) in [6.45, 7) is 3.80. The average Bonchev–Trinajstić information content (AvgIpc) is 2.83. The van der Waals surface area contributed by atoms with Gasteiger partial charge in [0.15, 0.2) is 0 Å².